The molecule has 2 atom stereocenters. The number of hydrogen-bond donors (Lipinski definition) is 3. The number of pyridine rings is 1. The molecule has 1 aromatic heterocycles. The first-order valence-electron chi connectivity index (χ1n) is 14.7. The second kappa shape index (κ2) is 11.2. The van der Waals surface area contributed by atoms with E-state index in [1.807, 2.05) is 0 Å². The molecule has 2 saturated carbocycles. The lowest BCUT2D eigenvalue weighted by Gasteiger charge is -2.23. The summed E-state index contributed by atoms with van der Waals surface area (Å²) in [5.74, 6) is -2.19. The molecule has 0 bridgehead atoms. The fourth-order valence-corrected chi connectivity index (χ4v) is 5.66. The minimum absolute atomic E-state index is 0.00525. The molecule has 5 N–H and O–H groups in total. The summed E-state index contributed by atoms with van der Waals surface area (Å²) in [4.78, 5) is 35.5. The van der Waals surface area contributed by atoms with Crippen LogP contribution in [0.5, 0.6) is 11.5 Å². The Morgan fingerprint density at radius 2 is 1.91 bits per heavy atom. The van der Waals surface area contributed by atoms with Crippen LogP contribution in [0.15, 0.2) is 35.3 Å². The Bertz CT molecular complexity index is 1700. The van der Waals surface area contributed by atoms with Crippen molar-refractivity contribution in [1.29, 1.82) is 0 Å². The molecule has 0 unspecified atom stereocenters. The SMILES string of the molecule is COc1cc(C(=O)NC[C@H](c2cc3c(c(-c4cc(F)c(F)cc4C)n2)OC[C@]3(C)C(N)=O)C2CC2)cc(C=NC2CC2)c1N. The topological polar surface area (TPSA) is 142 Å². The highest BCUT2D eigenvalue weighted by Gasteiger charge is 2.45. The number of methoxy groups -OCH3 is 1. The quantitative estimate of drug-likeness (QED) is 0.229. The maximum atomic E-state index is 14.5. The molecule has 6 rings (SSSR count). The molecule has 230 valence electrons. The van der Waals surface area contributed by atoms with Crippen LogP contribution in [0.3, 0.4) is 0 Å². The number of aliphatic imine (C=N–C) groups is 1. The minimum atomic E-state index is -1.15. The summed E-state index contributed by atoms with van der Waals surface area (Å²) in [7, 11) is 1.49. The van der Waals surface area contributed by atoms with E-state index < -0.39 is 23.0 Å². The fourth-order valence-electron chi connectivity index (χ4n) is 5.66. The number of aromatic nitrogens is 1. The summed E-state index contributed by atoms with van der Waals surface area (Å²) in [5.41, 5.74) is 14.6. The molecule has 2 amide bonds. The first-order chi connectivity index (χ1) is 21.0. The molecule has 11 heteroatoms. The summed E-state index contributed by atoms with van der Waals surface area (Å²) in [5, 5.41) is 3.04. The third-order valence-electron chi connectivity index (χ3n) is 8.84. The first-order valence-corrected chi connectivity index (χ1v) is 14.7. The Hall–Kier alpha value is -4.54. The largest absolute Gasteiger partial charge is 0.495 e. The van der Waals surface area contributed by atoms with E-state index in [4.69, 9.17) is 25.9 Å². The number of anilines is 1. The number of carbonyl (C=O) groups is 2. The van der Waals surface area contributed by atoms with Crippen LogP contribution < -0.4 is 26.3 Å². The van der Waals surface area contributed by atoms with E-state index >= 15 is 0 Å². The van der Waals surface area contributed by atoms with Crippen molar-refractivity contribution in [3.05, 3.63) is 69.9 Å². The predicted octanol–water partition coefficient (Wildman–Crippen LogP) is 4.57. The van der Waals surface area contributed by atoms with Gasteiger partial charge in [-0.15, -0.1) is 0 Å². The number of nitrogens with one attached hydrogen (secondary N) is 1. The molecule has 1 aliphatic heterocycles. The Morgan fingerprint density at radius 1 is 1.18 bits per heavy atom. The number of nitrogens with zero attached hydrogens (tertiary/aromatic N) is 2. The van der Waals surface area contributed by atoms with Gasteiger partial charge < -0.3 is 26.3 Å². The number of ether oxygens (including phenoxy) is 2. The number of hydrogen-bond acceptors (Lipinski definition) is 7. The van der Waals surface area contributed by atoms with Gasteiger partial charge >= 0.3 is 0 Å². The van der Waals surface area contributed by atoms with E-state index in [0.717, 1.165) is 37.8 Å². The molecule has 44 heavy (non-hydrogen) atoms. The Morgan fingerprint density at radius 3 is 2.57 bits per heavy atom. The van der Waals surface area contributed by atoms with Crippen molar-refractivity contribution in [1.82, 2.24) is 10.3 Å². The van der Waals surface area contributed by atoms with Crippen LogP contribution in [-0.4, -0.2) is 49.3 Å². The zero-order chi connectivity index (χ0) is 31.3. The maximum Gasteiger partial charge on any atom is 0.251 e. The maximum absolute atomic E-state index is 14.5. The number of rotatable bonds is 10. The van der Waals surface area contributed by atoms with Crippen molar-refractivity contribution in [3.63, 3.8) is 0 Å². The average Bonchev–Trinajstić information content (AvgIpc) is 3.93. The zero-order valence-electron chi connectivity index (χ0n) is 24.9. The van der Waals surface area contributed by atoms with Crippen molar-refractivity contribution < 1.29 is 27.8 Å². The van der Waals surface area contributed by atoms with Gasteiger partial charge in [0.15, 0.2) is 11.6 Å². The van der Waals surface area contributed by atoms with Crippen molar-refractivity contribution in [2.75, 3.05) is 26.0 Å². The fraction of sp³-hybridized carbons (Fsp3) is 0.394. The summed E-state index contributed by atoms with van der Waals surface area (Å²) >= 11 is 0. The number of carbonyl (C=O) groups excluding carboxylic acids is 2. The summed E-state index contributed by atoms with van der Waals surface area (Å²) < 4.78 is 39.9. The molecule has 0 spiro atoms. The van der Waals surface area contributed by atoms with E-state index in [0.29, 0.717) is 62.4 Å². The minimum Gasteiger partial charge on any atom is -0.495 e. The van der Waals surface area contributed by atoms with Crippen molar-refractivity contribution in [3.8, 4) is 22.8 Å². The molecule has 0 radical (unpaired) electrons. The van der Waals surface area contributed by atoms with Gasteiger partial charge in [0.25, 0.3) is 5.91 Å². The standard InChI is InChI=1S/C33H35F2N5O4/c1-16-8-24(34)25(35)11-21(16)29-30-23(33(2,15-44-30)32(37)42)12-26(40-29)22(17-4-5-17)14-39-31(41)18-9-19(13-38-20-6-7-20)28(36)27(10-18)43-3/h8-13,17,20,22H,4-7,14-15,36H2,1-3H3,(H2,37,42)(H,39,41)/t22-,33-/m0/s1. The van der Waals surface area contributed by atoms with Crippen LogP contribution >= 0.6 is 0 Å². The smallest absolute Gasteiger partial charge is 0.251 e. The zero-order valence-corrected chi connectivity index (χ0v) is 24.9. The van der Waals surface area contributed by atoms with Crippen LogP contribution in [0.1, 0.15) is 71.3 Å². The van der Waals surface area contributed by atoms with Gasteiger partial charge in [-0.25, -0.2) is 13.8 Å². The van der Waals surface area contributed by atoms with Gasteiger partial charge in [-0.05, 0) is 81.3 Å². The third-order valence-corrected chi connectivity index (χ3v) is 8.84. The van der Waals surface area contributed by atoms with Crippen LogP contribution in [0.2, 0.25) is 0 Å². The summed E-state index contributed by atoms with van der Waals surface area (Å²) in [6.45, 7) is 3.59. The van der Waals surface area contributed by atoms with E-state index in [1.54, 1.807) is 38.3 Å². The van der Waals surface area contributed by atoms with Crippen LogP contribution in [-0.2, 0) is 10.2 Å². The number of fused-ring (bicyclic) bond motifs is 1. The number of primary amides is 1. The lowest BCUT2D eigenvalue weighted by atomic mass is 9.82. The van der Waals surface area contributed by atoms with Crippen LogP contribution in [0, 0.1) is 24.5 Å². The molecule has 3 aliphatic rings. The highest BCUT2D eigenvalue weighted by molar-refractivity contribution is 5.99. The summed E-state index contributed by atoms with van der Waals surface area (Å²) in [6, 6.07) is 7.58. The molecule has 2 aliphatic carbocycles. The monoisotopic (exact) mass is 603 g/mol. The average molecular weight is 604 g/mol. The highest BCUT2D eigenvalue weighted by atomic mass is 19.2. The molecule has 2 heterocycles. The molecule has 3 aromatic rings. The molecule has 0 saturated heterocycles. The second-order valence-corrected chi connectivity index (χ2v) is 12.2. The highest BCUT2D eigenvalue weighted by Crippen LogP contribution is 2.49. The van der Waals surface area contributed by atoms with Gasteiger partial charge in [-0.2, -0.15) is 0 Å². The summed E-state index contributed by atoms with van der Waals surface area (Å²) in [6.07, 6.45) is 5.62. The van der Waals surface area contributed by atoms with Gasteiger partial charge in [0.2, 0.25) is 5.91 Å². The molecular formula is C33H35F2N5O4. The van der Waals surface area contributed by atoms with Crippen LogP contribution in [0.25, 0.3) is 11.3 Å². The van der Waals surface area contributed by atoms with Gasteiger partial charge in [0, 0.05) is 46.6 Å². The van der Waals surface area contributed by atoms with Crippen LogP contribution in [0.4, 0.5) is 14.5 Å². The van der Waals surface area contributed by atoms with E-state index in [-0.39, 0.29) is 30.9 Å². The normalized spacial score (nSPS) is 19.8. The molecule has 9 nitrogen and oxygen atoms in total. The number of nitrogen functional groups attached to an aromatic ring is 1. The number of amides is 2. The van der Waals surface area contributed by atoms with Gasteiger partial charge in [0.1, 0.15) is 29.2 Å². The van der Waals surface area contributed by atoms with Crippen molar-refractivity contribution in [2.45, 2.75) is 56.9 Å². The number of aryl methyl sites for hydroxylation is 1. The first kappa shape index (κ1) is 29.5. The lowest BCUT2D eigenvalue weighted by Crippen LogP contribution is -2.40. The molecule has 2 aromatic carbocycles. The van der Waals surface area contributed by atoms with E-state index in [1.165, 1.54) is 7.11 Å². The number of halogens is 2. The molecule has 2 fully saturated rings. The second-order valence-electron chi connectivity index (χ2n) is 12.2. The Kier molecular flexibility index (Phi) is 7.51. The van der Waals surface area contributed by atoms with Gasteiger partial charge in [-0.1, -0.05) is 0 Å². The van der Waals surface area contributed by atoms with Gasteiger partial charge in [-0.3, -0.25) is 14.6 Å². The van der Waals surface area contributed by atoms with Crippen molar-refractivity contribution in [2.24, 2.45) is 16.6 Å². The lowest BCUT2D eigenvalue weighted by molar-refractivity contribution is -0.123. The van der Waals surface area contributed by atoms with Crippen molar-refractivity contribution >= 4 is 23.7 Å². The van der Waals surface area contributed by atoms with Gasteiger partial charge in [0.05, 0.1) is 18.8 Å². The third kappa shape index (κ3) is 5.46. The Labute approximate surface area is 254 Å². The molecular weight excluding hydrogens is 568 g/mol. The van der Waals surface area contributed by atoms with E-state index in [2.05, 4.69) is 10.3 Å². The number of benzene rings is 2. The predicted molar refractivity (Wildman–Crippen MR) is 162 cm³/mol. The number of nitrogens with two attached hydrogens (primary N) is 2. The Balaban J connectivity index is 1.35. The van der Waals surface area contributed by atoms with E-state index in [9.17, 15) is 18.4 Å².